The second-order valence-electron chi connectivity index (χ2n) is 5.02. The third-order valence-corrected chi connectivity index (χ3v) is 3.57. The summed E-state index contributed by atoms with van der Waals surface area (Å²) in [5.74, 6) is 1.16. The van der Waals surface area contributed by atoms with E-state index in [4.69, 9.17) is 0 Å². The Kier molecular flexibility index (Phi) is 2.33. The number of hydrogen-bond acceptors (Lipinski definition) is 3. The summed E-state index contributed by atoms with van der Waals surface area (Å²) in [6.07, 6.45) is 5.44. The molecule has 0 radical (unpaired) electrons. The van der Waals surface area contributed by atoms with Crippen LogP contribution in [-0.4, -0.2) is 33.2 Å². The summed E-state index contributed by atoms with van der Waals surface area (Å²) in [4.78, 5) is 6.60. The predicted molar refractivity (Wildman–Crippen MR) is 67.3 cm³/mol. The van der Waals surface area contributed by atoms with Crippen LogP contribution in [-0.2, 0) is 0 Å². The average Bonchev–Trinajstić information content (AvgIpc) is 2.77. The Balaban J connectivity index is 1.92. The van der Waals surface area contributed by atoms with E-state index in [-0.39, 0.29) is 0 Å². The maximum atomic E-state index is 9.97. The molecule has 0 aliphatic carbocycles. The SMILES string of the molecule is CC1(O)CCN(c2cccc3nccn23)CC1. The van der Waals surface area contributed by atoms with E-state index < -0.39 is 5.60 Å². The monoisotopic (exact) mass is 231 g/mol. The maximum Gasteiger partial charge on any atom is 0.138 e. The summed E-state index contributed by atoms with van der Waals surface area (Å²) in [7, 11) is 0. The molecule has 0 aromatic carbocycles. The summed E-state index contributed by atoms with van der Waals surface area (Å²) in [6.45, 7) is 3.71. The van der Waals surface area contributed by atoms with Crippen molar-refractivity contribution in [3.63, 3.8) is 0 Å². The summed E-state index contributed by atoms with van der Waals surface area (Å²) in [6, 6.07) is 6.14. The minimum absolute atomic E-state index is 0.501. The van der Waals surface area contributed by atoms with Crippen LogP contribution in [0.3, 0.4) is 0 Å². The average molecular weight is 231 g/mol. The van der Waals surface area contributed by atoms with Gasteiger partial charge in [-0.15, -0.1) is 0 Å². The number of anilines is 1. The summed E-state index contributed by atoms with van der Waals surface area (Å²) < 4.78 is 2.10. The van der Waals surface area contributed by atoms with Gasteiger partial charge in [-0.25, -0.2) is 4.98 Å². The van der Waals surface area contributed by atoms with E-state index in [1.54, 1.807) is 0 Å². The molecule has 3 heterocycles. The Bertz CT molecular complexity index is 522. The van der Waals surface area contributed by atoms with Crippen molar-refractivity contribution in [2.24, 2.45) is 0 Å². The smallest absolute Gasteiger partial charge is 0.138 e. The highest BCUT2D eigenvalue weighted by Crippen LogP contribution is 2.26. The maximum absolute atomic E-state index is 9.97. The van der Waals surface area contributed by atoms with E-state index in [9.17, 15) is 5.11 Å². The van der Waals surface area contributed by atoms with Crippen molar-refractivity contribution in [1.29, 1.82) is 0 Å². The molecule has 0 atom stereocenters. The lowest BCUT2D eigenvalue weighted by Crippen LogP contribution is -2.43. The second kappa shape index (κ2) is 3.74. The highest BCUT2D eigenvalue weighted by atomic mass is 16.3. The van der Waals surface area contributed by atoms with Crippen LogP contribution in [0.25, 0.3) is 5.65 Å². The van der Waals surface area contributed by atoms with Crippen molar-refractivity contribution in [1.82, 2.24) is 9.38 Å². The van der Waals surface area contributed by atoms with Crippen LogP contribution in [0.4, 0.5) is 5.82 Å². The number of aromatic nitrogens is 2. The number of nitrogens with zero attached hydrogens (tertiary/aromatic N) is 3. The van der Waals surface area contributed by atoms with Crippen molar-refractivity contribution in [3.8, 4) is 0 Å². The molecule has 4 heteroatoms. The van der Waals surface area contributed by atoms with E-state index in [1.807, 2.05) is 31.5 Å². The molecule has 1 fully saturated rings. The highest BCUT2D eigenvalue weighted by molar-refractivity contribution is 5.51. The van der Waals surface area contributed by atoms with Gasteiger partial charge >= 0.3 is 0 Å². The zero-order valence-corrected chi connectivity index (χ0v) is 10.0. The minimum atomic E-state index is -0.501. The first-order chi connectivity index (χ1) is 8.16. The number of fused-ring (bicyclic) bond motifs is 1. The van der Waals surface area contributed by atoms with Crippen LogP contribution < -0.4 is 4.90 Å². The fourth-order valence-electron chi connectivity index (χ4n) is 2.41. The van der Waals surface area contributed by atoms with Gasteiger partial charge in [0.1, 0.15) is 11.5 Å². The van der Waals surface area contributed by atoms with Gasteiger partial charge in [-0.1, -0.05) is 6.07 Å². The highest BCUT2D eigenvalue weighted by Gasteiger charge is 2.28. The fourth-order valence-corrected chi connectivity index (χ4v) is 2.41. The van der Waals surface area contributed by atoms with Crippen molar-refractivity contribution in [3.05, 3.63) is 30.6 Å². The molecule has 1 aliphatic rings. The molecule has 0 bridgehead atoms. The third kappa shape index (κ3) is 1.89. The molecule has 2 aromatic heterocycles. The first-order valence-electron chi connectivity index (χ1n) is 6.05. The number of aliphatic hydroxyl groups is 1. The molecule has 2 aromatic rings. The zero-order valence-electron chi connectivity index (χ0n) is 10.0. The number of rotatable bonds is 1. The number of imidazole rings is 1. The number of hydrogen-bond donors (Lipinski definition) is 1. The van der Waals surface area contributed by atoms with E-state index >= 15 is 0 Å². The van der Waals surface area contributed by atoms with Gasteiger partial charge in [-0.2, -0.15) is 0 Å². The Morgan fingerprint density at radius 2 is 2.06 bits per heavy atom. The molecule has 17 heavy (non-hydrogen) atoms. The molecule has 1 N–H and O–H groups in total. The lowest BCUT2D eigenvalue weighted by molar-refractivity contribution is 0.0350. The standard InChI is InChI=1S/C13H17N3O/c1-13(17)5-8-15(9-6-13)12-4-2-3-11-14-7-10-16(11)12/h2-4,7,10,17H,5-6,8-9H2,1H3. The molecule has 90 valence electrons. The van der Waals surface area contributed by atoms with Crippen LogP contribution in [0.5, 0.6) is 0 Å². The molecule has 0 unspecified atom stereocenters. The lowest BCUT2D eigenvalue weighted by Gasteiger charge is -2.37. The van der Waals surface area contributed by atoms with Gasteiger partial charge in [0.2, 0.25) is 0 Å². The Morgan fingerprint density at radius 3 is 2.82 bits per heavy atom. The van der Waals surface area contributed by atoms with Gasteiger partial charge in [0.25, 0.3) is 0 Å². The van der Waals surface area contributed by atoms with Crippen molar-refractivity contribution >= 4 is 11.5 Å². The molecule has 0 spiro atoms. The van der Waals surface area contributed by atoms with Gasteiger partial charge in [-0.05, 0) is 31.9 Å². The first kappa shape index (κ1) is 10.6. The largest absolute Gasteiger partial charge is 0.390 e. The van der Waals surface area contributed by atoms with Crippen LogP contribution in [0, 0.1) is 0 Å². The van der Waals surface area contributed by atoms with Crippen LogP contribution >= 0.6 is 0 Å². The number of pyridine rings is 1. The molecule has 1 saturated heterocycles. The normalized spacial score (nSPS) is 19.8. The van der Waals surface area contributed by atoms with Gasteiger partial charge in [0.15, 0.2) is 0 Å². The van der Waals surface area contributed by atoms with E-state index in [1.165, 1.54) is 0 Å². The molecule has 1 aliphatic heterocycles. The molecular formula is C13H17N3O. The third-order valence-electron chi connectivity index (χ3n) is 3.57. The lowest BCUT2D eigenvalue weighted by atomic mass is 9.94. The van der Waals surface area contributed by atoms with Crippen LogP contribution in [0.2, 0.25) is 0 Å². The molecule has 3 rings (SSSR count). The Labute approximate surface area is 101 Å². The first-order valence-corrected chi connectivity index (χ1v) is 6.05. The van der Waals surface area contributed by atoms with E-state index in [0.29, 0.717) is 0 Å². The summed E-state index contributed by atoms with van der Waals surface area (Å²) in [5.41, 5.74) is 0.471. The Hall–Kier alpha value is -1.55. The van der Waals surface area contributed by atoms with Crippen LogP contribution in [0.15, 0.2) is 30.6 Å². The number of piperidine rings is 1. The second-order valence-corrected chi connectivity index (χ2v) is 5.02. The zero-order chi connectivity index (χ0) is 11.9. The van der Waals surface area contributed by atoms with Crippen molar-refractivity contribution in [2.75, 3.05) is 18.0 Å². The topological polar surface area (TPSA) is 40.8 Å². The molecule has 0 saturated carbocycles. The molecular weight excluding hydrogens is 214 g/mol. The predicted octanol–water partition coefficient (Wildman–Crippen LogP) is 1.69. The van der Waals surface area contributed by atoms with Gasteiger partial charge < -0.3 is 10.0 Å². The molecule has 4 nitrogen and oxygen atoms in total. The van der Waals surface area contributed by atoms with E-state index in [0.717, 1.165) is 37.4 Å². The molecule has 0 amide bonds. The van der Waals surface area contributed by atoms with Crippen molar-refractivity contribution < 1.29 is 5.11 Å². The van der Waals surface area contributed by atoms with Gasteiger partial charge in [0.05, 0.1) is 5.60 Å². The van der Waals surface area contributed by atoms with Crippen molar-refractivity contribution in [2.45, 2.75) is 25.4 Å². The van der Waals surface area contributed by atoms with E-state index in [2.05, 4.69) is 20.4 Å². The summed E-state index contributed by atoms with van der Waals surface area (Å²) in [5, 5.41) is 9.97. The Morgan fingerprint density at radius 1 is 1.29 bits per heavy atom. The van der Waals surface area contributed by atoms with Crippen LogP contribution in [0.1, 0.15) is 19.8 Å². The fraction of sp³-hybridized carbons (Fsp3) is 0.462. The quantitative estimate of drug-likeness (QED) is 0.812. The van der Waals surface area contributed by atoms with Gasteiger partial charge in [-0.3, -0.25) is 4.40 Å². The summed E-state index contributed by atoms with van der Waals surface area (Å²) >= 11 is 0. The van der Waals surface area contributed by atoms with Gasteiger partial charge in [0, 0.05) is 25.5 Å². The minimum Gasteiger partial charge on any atom is -0.390 e.